The van der Waals surface area contributed by atoms with Gasteiger partial charge in [0.1, 0.15) is 22.2 Å². The van der Waals surface area contributed by atoms with Crippen molar-refractivity contribution in [1.82, 2.24) is 0 Å². The summed E-state index contributed by atoms with van der Waals surface area (Å²) in [6.45, 7) is 5.00. The SMILES string of the molecule is CCCCOc1ccccc1NC(=O)c1cccc(NC2=C(Cl)C(=O)N(c3ccc(OCC)cc3)C2=O)c1. The molecule has 3 aromatic rings. The van der Waals surface area contributed by atoms with E-state index in [-0.39, 0.29) is 16.6 Å². The van der Waals surface area contributed by atoms with Crippen molar-refractivity contribution < 1.29 is 23.9 Å². The van der Waals surface area contributed by atoms with Gasteiger partial charge in [0.25, 0.3) is 17.7 Å². The molecular weight excluding hydrogens is 506 g/mol. The summed E-state index contributed by atoms with van der Waals surface area (Å²) >= 11 is 6.27. The number of hydrogen-bond donors (Lipinski definition) is 2. The van der Waals surface area contributed by atoms with Gasteiger partial charge in [-0.1, -0.05) is 43.1 Å². The minimum absolute atomic E-state index is 0.0715. The van der Waals surface area contributed by atoms with Crippen LogP contribution in [0.15, 0.2) is 83.5 Å². The number of rotatable bonds is 11. The monoisotopic (exact) mass is 533 g/mol. The lowest BCUT2D eigenvalue weighted by Gasteiger charge is -2.16. The second-order valence-corrected chi connectivity index (χ2v) is 8.80. The number of hydrogen-bond acceptors (Lipinski definition) is 6. The van der Waals surface area contributed by atoms with Gasteiger partial charge in [-0.3, -0.25) is 14.4 Å². The van der Waals surface area contributed by atoms with Gasteiger partial charge in [-0.05, 0) is 67.9 Å². The first-order valence-corrected chi connectivity index (χ1v) is 12.7. The Morgan fingerprint density at radius 2 is 1.68 bits per heavy atom. The van der Waals surface area contributed by atoms with Crippen molar-refractivity contribution in [3.8, 4) is 11.5 Å². The Balaban J connectivity index is 1.48. The lowest BCUT2D eigenvalue weighted by molar-refractivity contribution is -0.120. The van der Waals surface area contributed by atoms with E-state index in [2.05, 4.69) is 17.6 Å². The molecule has 4 rings (SSSR count). The summed E-state index contributed by atoms with van der Waals surface area (Å²) < 4.78 is 11.2. The van der Waals surface area contributed by atoms with Crippen LogP contribution in [0.1, 0.15) is 37.0 Å². The van der Waals surface area contributed by atoms with E-state index in [1.54, 1.807) is 60.7 Å². The molecule has 3 amide bonds. The molecule has 0 aliphatic carbocycles. The second kappa shape index (κ2) is 12.3. The molecule has 1 aliphatic heterocycles. The van der Waals surface area contributed by atoms with Gasteiger partial charge >= 0.3 is 0 Å². The summed E-state index contributed by atoms with van der Waals surface area (Å²) in [6.07, 6.45) is 1.91. The van der Waals surface area contributed by atoms with Gasteiger partial charge in [0, 0.05) is 11.3 Å². The Morgan fingerprint density at radius 1 is 0.921 bits per heavy atom. The molecule has 3 aromatic carbocycles. The van der Waals surface area contributed by atoms with Gasteiger partial charge in [-0.15, -0.1) is 0 Å². The van der Waals surface area contributed by atoms with Crippen LogP contribution in [0.25, 0.3) is 0 Å². The van der Waals surface area contributed by atoms with E-state index in [9.17, 15) is 14.4 Å². The Bertz CT molecular complexity index is 1370. The van der Waals surface area contributed by atoms with Crippen LogP contribution in [-0.2, 0) is 9.59 Å². The van der Waals surface area contributed by atoms with Crippen LogP contribution in [0.3, 0.4) is 0 Å². The van der Waals surface area contributed by atoms with Gasteiger partial charge in [0.2, 0.25) is 0 Å². The number of carbonyl (C=O) groups is 3. The first-order chi connectivity index (χ1) is 18.4. The maximum absolute atomic E-state index is 13.1. The lowest BCUT2D eigenvalue weighted by atomic mass is 10.1. The topological polar surface area (TPSA) is 97.0 Å². The molecule has 0 radical (unpaired) electrons. The van der Waals surface area contributed by atoms with Gasteiger partial charge in [0.15, 0.2) is 0 Å². The number of benzene rings is 3. The number of nitrogens with one attached hydrogen (secondary N) is 2. The third-order valence-electron chi connectivity index (χ3n) is 5.72. The van der Waals surface area contributed by atoms with E-state index >= 15 is 0 Å². The molecule has 0 fully saturated rings. The molecule has 0 atom stereocenters. The van der Waals surface area contributed by atoms with E-state index in [0.29, 0.717) is 47.3 Å². The van der Waals surface area contributed by atoms with Crippen LogP contribution in [-0.4, -0.2) is 30.9 Å². The summed E-state index contributed by atoms with van der Waals surface area (Å²) in [5, 5.41) is 5.55. The number of carbonyl (C=O) groups excluding carboxylic acids is 3. The third-order valence-corrected chi connectivity index (χ3v) is 6.07. The number of anilines is 3. The van der Waals surface area contributed by atoms with Crippen molar-refractivity contribution in [2.45, 2.75) is 26.7 Å². The number of nitrogens with zero attached hydrogens (tertiary/aromatic N) is 1. The fourth-order valence-corrected chi connectivity index (χ4v) is 4.02. The number of para-hydroxylation sites is 2. The average molecular weight is 534 g/mol. The molecule has 0 unspecified atom stereocenters. The van der Waals surface area contributed by atoms with Crippen LogP contribution in [0.4, 0.5) is 17.1 Å². The van der Waals surface area contributed by atoms with Gasteiger partial charge in [0.05, 0.1) is 24.6 Å². The fraction of sp³-hybridized carbons (Fsp3) is 0.207. The summed E-state index contributed by atoms with van der Waals surface area (Å²) in [4.78, 5) is 39.9. The predicted molar refractivity (Wildman–Crippen MR) is 148 cm³/mol. The highest BCUT2D eigenvalue weighted by Gasteiger charge is 2.39. The summed E-state index contributed by atoms with van der Waals surface area (Å²) in [6, 6.07) is 20.4. The number of imide groups is 1. The molecule has 0 bridgehead atoms. The van der Waals surface area contributed by atoms with E-state index in [1.165, 1.54) is 0 Å². The summed E-state index contributed by atoms with van der Waals surface area (Å²) in [5.74, 6) is -0.387. The number of ether oxygens (including phenoxy) is 2. The molecule has 2 N–H and O–H groups in total. The van der Waals surface area contributed by atoms with Crippen LogP contribution in [0.2, 0.25) is 0 Å². The van der Waals surface area contributed by atoms with Gasteiger partial charge in [-0.25, -0.2) is 4.90 Å². The van der Waals surface area contributed by atoms with Gasteiger partial charge in [-0.2, -0.15) is 0 Å². The maximum atomic E-state index is 13.1. The van der Waals surface area contributed by atoms with Gasteiger partial charge < -0.3 is 20.1 Å². The van der Waals surface area contributed by atoms with Crippen molar-refractivity contribution in [1.29, 1.82) is 0 Å². The molecule has 1 aliphatic rings. The summed E-state index contributed by atoms with van der Waals surface area (Å²) in [5.41, 5.74) is 1.62. The molecule has 0 saturated heterocycles. The smallest absolute Gasteiger partial charge is 0.283 e. The lowest BCUT2D eigenvalue weighted by Crippen LogP contribution is -2.32. The average Bonchev–Trinajstić information content (AvgIpc) is 3.13. The normalized spacial score (nSPS) is 13.1. The van der Waals surface area contributed by atoms with Crippen LogP contribution < -0.4 is 25.0 Å². The Hall–Kier alpha value is -4.30. The first-order valence-electron chi connectivity index (χ1n) is 12.3. The second-order valence-electron chi connectivity index (χ2n) is 8.42. The van der Waals surface area contributed by atoms with Crippen molar-refractivity contribution in [2.75, 3.05) is 28.7 Å². The van der Waals surface area contributed by atoms with E-state index in [4.69, 9.17) is 21.1 Å². The molecule has 0 spiro atoms. The minimum atomic E-state index is -0.642. The number of halogens is 1. The number of amides is 3. The number of unbranched alkanes of at least 4 members (excludes halogenated alkanes) is 1. The van der Waals surface area contributed by atoms with Crippen molar-refractivity contribution >= 4 is 46.4 Å². The maximum Gasteiger partial charge on any atom is 0.283 e. The zero-order valence-corrected chi connectivity index (χ0v) is 21.9. The fourth-order valence-electron chi connectivity index (χ4n) is 3.80. The molecule has 9 heteroatoms. The summed E-state index contributed by atoms with van der Waals surface area (Å²) in [7, 11) is 0. The molecule has 8 nitrogen and oxygen atoms in total. The van der Waals surface area contributed by atoms with Crippen LogP contribution in [0.5, 0.6) is 11.5 Å². The Labute approximate surface area is 226 Å². The zero-order chi connectivity index (χ0) is 27.1. The van der Waals surface area contributed by atoms with E-state index in [1.807, 2.05) is 19.1 Å². The van der Waals surface area contributed by atoms with Crippen molar-refractivity contribution in [2.24, 2.45) is 0 Å². The van der Waals surface area contributed by atoms with Crippen molar-refractivity contribution in [3.63, 3.8) is 0 Å². The molecule has 38 heavy (non-hydrogen) atoms. The van der Waals surface area contributed by atoms with Crippen molar-refractivity contribution in [3.05, 3.63) is 89.1 Å². The Morgan fingerprint density at radius 3 is 2.42 bits per heavy atom. The molecule has 196 valence electrons. The Kier molecular flexibility index (Phi) is 8.66. The molecule has 0 aromatic heterocycles. The van der Waals surface area contributed by atoms with Crippen LogP contribution in [0, 0.1) is 0 Å². The van der Waals surface area contributed by atoms with E-state index < -0.39 is 11.8 Å². The highest BCUT2D eigenvalue weighted by molar-refractivity contribution is 6.53. The largest absolute Gasteiger partial charge is 0.494 e. The predicted octanol–water partition coefficient (Wildman–Crippen LogP) is 5.95. The molecule has 0 saturated carbocycles. The highest BCUT2D eigenvalue weighted by atomic mass is 35.5. The zero-order valence-electron chi connectivity index (χ0n) is 21.1. The molecular formula is C29H28ClN3O5. The first kappa shape index (κ1) is 26.8. The quantitative estimate of drug-likeness (QED) is 0.233. The minimum Gasteiger partial charge on any atom is -0.494 e. The van der Waals surface area contributed by atoms with E-state index in [0.717, 1.165) is 17.7 Å². The third kappa shape index (κ3) is 5.98. The van der Waals surface area contributed by atoms with Crippen LogP contribution >= 0.6 is 11.6 Å². The highest BCUT2D eigenvalue weighted by Crippen LogP contribution is 2.31. The standard InChI is InChI=1S/C29H28ClN3O5/c1-3-5-17-38-24-12-7-6-11-23(24)32-27(34)19-9-8-10-20(18-19)31-26-25(30)28(35)33(29(26)36)21-13-15-22(16-14-21)37-4-2/h6-16,18,31H,3-5,17H2,1-2H3,(H,32,34). The molecule has 1 heterocycles.